The lowest BCUT2D eigenvalue weighted by Crippen LogP contribution is -2.21. The molecule has 1 aromatic carbocycles. The first-order valence-corrected chi connectivity index (χ1v) is 8.77. The molecule has 2 N–H and O–H groups in total. The van der Waals surface area contributed by atoms with Crippen LogP contribution in [0.15, 0.2) is 29.1 Å². The average molecular weight is 392 g/mol. The van der Waals surface area contributed by atoms with Crippen LogP contribution in [-0.2, 0) is 9.53 Å². The minimum absolute atomic E-state index is 0.245. The van der Waals surface area contributed by atoms with Gasteiger partial charge in [-0.1, -0.05) is 23.7 Å². The van der Waals surface area contributed by atoms with Crippen LogP contribution in [0.5, 0.6) is 0 Å². The number of nitrogens with zero attached hydrogens (tertiary/aromatic N) is 1. The fourth-order valence-corrected chi connectivity index (χ4v) is 3.70. The van der Waals surface area contributed by atoms with Crippen LogP contribution in [0.3, 0.4) is 0 Å². The maximum absolute atomic E-state index is 12.3. The van der Waals surface area contributed by atoms with Crippen molar-refractivity contribution in [3.63, 3.8) is 0 Å². The number of rotatable bonds is 4. The van der Waals surface area contributed by atoms with E-state index in [9.17, 15) is 14.4 Å². The Morgan fingerprint density at radius 3 is 2.77 bits per heavy atom. The van der Waals surface area contributed by atoms with E-state index in [4.69, 9.17) is 16.3 Å². The van der Waals surface area contributed by atoms with Gasteiger partial charge >= 0.3 is 5.97 Å². The Labute approximate surface area is 157 Å². The van der Waals surface area contributed by atoms with Crippen molar-refractivity contribution in [3.05, 3.63) is 55.9 Å². The van der Waals surface area contributed by atoms with E-state index in [-0.39, 0.29) is 10.4 Å². The molecule has 3 aromatic rings. The Balaban J connectivity index is 1.73. The highest BCUT2D eigenvalue weighted by molar-refractivity contribution is 7.20. The summed E-state index contributed by atoms with van der Waals surface area (Å²) in [7, 11) is 0. The van der Waals surface area contributed by atoms with Crippen molar-refractivity contribution in [1.82, 2.24) is 9.97 Å². The molecule has 2 heterocycles. The fraction of sp³-hybridized carbons (Fsp3) is 0.176. The summed E-state index contributed by atoms with van der Waals surface area (Å²) in [6, 6.07) is 6.73. The Kier molecular flexibility index (Phi) is 5.06. The molecule has 26 heavy (non-hydrogen) atoms. The van der Waals surface area contributed by atoms with Gasteiger partial charge in [-0.15, -0.1) is 11.3 Å². The summed E-state index contributed by atoms with van der Waals surface area (Å²) in [5, 5.41) is 3.30. The molecule has 0 unspecified atom stereocenters. The highest BCUT2D eigenvalue weighted by Crippen LogP contribution is 2.27. The number of anilines is 1. The maximum Gasteiger partial charge on any atom is 0.349 e. The topological polar surface area (TPSA) is 101 Å². The molecule has 1 amide bonds. The van der Waals surface area contributed by atoms with Crippen molar-refractivity contribution in [3.8, 4) is 0 Å². The lowest BCUT2D eigenvalue weighted by Gasteiger charge is -2.07. The number of fused-ring (bicyclic) bond motifs is 1. The highest BCUT2D eigenvalue weighted by Gasteiger charge is 2.21. The van der Waals surface area contributed by atoms with Crippen molar-refractivity contribution in [1.29, 1.82) is 0 Å². The number of benzene rings is 1. The standard InChI is InChI=1S/C17H14ClN3O4S/c1-8-13-15(23)19-9(2)20-16(13)26-14(8)17(24)25-7-12(22)21-11-6-4-3-5-10(11)18/h3-6H,7H2,1-2H3,(H,21,22)(H,19,20,23). The number of ether oxygens (including phenoxy) is 1. The number of aromatic amines is 1. The molecular formula is C17H14ClN3O4S. The van der Waals surface area contributed by atoms with Gasteiger partial charge in [-0.3, -0.25) is 9.59 Å². The third kappa shape index (κ3) is 3.61. The van der Waals surface area contributed by atoms with Gasteiger partial charge in [0.05, 0.1) is 16.1 Å². The molecule has 0 atom stereocenters. The first kappa shape index (κ1) is 18.1. The zero-order valence-corrected chi connectivity index (χ0v) is 15.5. The molecule has 0 spiro atoms. The second-order valence-corrected chi connectivity index (χ2v) is 6.90. The van der Waals surface area contributed by atoms with Gasteiger partial charge in [0.2, 0.25) is 0 Å². The molecule has 0 aliphatic heterocycles. The molecule has 3 rings (SSSR count). The van der Waals surface area contributed by atoms with Gasteiger partial charge in [0, 0.05) is 0 Å². The number of hydrogen-bond donors (Lipinski definition) is 2. The molecule has 134 valence electrons. The van der Waals surface area contributed by atoms with Gasteiger partial charge < -0.3 is 15.0 Å². The lowest BCUT2D eigenvalue weighted by atomic mass is 10.2. The summed E-state index contributed by atoms with van der Waals surface area (Å²) in [4.78, 5) is 43.8. The van der Waals surface area contributed by atoms with Crippen LogP contribution in [-0.4, -0.2) is 28.5 Å². The number of carbonyl (C=O) groups is 2. The predicted octanol–water partition coefficient (Wildman–Crippen LogP) is 3.05. The van der Waals surface area contributed by atoms with Gasteiger partial charge in [-0.2, -0.15) is 0 Å². The third-order valence-corrected chi connectivity index (χ3v) is 5.08. The molecule has 2 aromatic heterocycles. The number of aromatic nitrogens is 2. The van der Waals surface area contributed by atoms with Crippen LogP contribution >= 0.6 is 22.9 Å². The number of aryl methyl sites for hydroxylation is 2. The molecule has 0 bridgehead atoms. The van der Waals surface area contributed by atoms with Crippen molar-refractivity contribution >= 4 is 50.7 Å². The smallest absolute Gasteiger partial charge is 0.349 e. The predicted molar refractivity (Wildman–Crippen MR) is 100 cm³/mol. The number of halogens is 1. The molecule has 0 radical (unpaired) electrons. The van der Waals surface area contributed by atoms with E-state index in [1.807, 2.05) is 0 Å². The summed E-state index contributed by atoms with van der Waals surface area (Å²) < 4.78 is 5.06. The molecular weight excluding hydrogens is 378 g/mol. The van der Waals surface area contributed by atoms with Gasteiger partial charge in [0.15, 0.2) is 6.61 Å². The normalized spacial score (nSPS) is 10.7. The molecule has 0 fully saturated rings. The molecule has 7 nitrogen and oxygen atoms in total. The first-order chi connectivity index (χ1) is 12.4. The highest BCUT2D eigenvalue weighted by atomic mass is 35.5. The van der Waals surface area contributed by atoms with E-state index in [2.05, 4.69) is 15.3 Å². The number of thiophene rings is 1. The van der Waals surface area contributed by atoms with Crippen molar-refractivity contribution in [2.75, 3.05) is 11.9 Å². The number of esters is 1. The van der Waals surface area contributed by atoms with Crippen molar-refractivity contribution < 1.29 is 14.3 Å². The van der Waals surface area contributed by atoms with Gasteiger partial charge in [-0.25, -0.2) is 9.78 Å². The summed E-state index contributed by atoms with van der Waals surface area (Å²) in [5.41, 5.74) is 0.603. The van der Waals surface area contributed by atoms with Crippen molar-refractivity contribution in [2.45, 2.75) is 13.8 Å². The van der Waals surface area contributed by atoms with Crippen molar-refractivity contribution in [2.24, 2.45) is 0 Å². The second-order valence-electron chi connectivity index (χ2n) is 5.49. The van der Waals surface area contributed by atoms with Gasteiger partial charge in [-0.05, 0) is 31.5 Å². The summed E-state index contributed by atoms with van der Waals surface area (Å²) in [6.45, 7) is 2.83. The van der Waals surface area contributed by atoms with Crippen LogP contribution < -0.4 is 10.9 Å². The van der Waals surface area contributed by atoms with E-state index in [0.717, 1.165) is 11.3 Å². The summed E-state index contributed by atoms with van der Waals surface area (Å²) in [6.07, 6.45) is 0. The Morgan fingerprint density at radius 2 is 2.04 bits per heavy atom. The molecule has 0 saturated carbocycles. The van der Waals surface area contributed by atoms with Crippen LogP contribution in [0.2, 0.25) is 5.02 Å². The Bertz CT molecular complexity index is 1070. The average Bonchev–Trinajstić information content (AvgIpc) is 2.91. The van der Waals surface area contributed by atoms with Crippen LogP contribution in [0, 0.1) is 13.8 Å². The number of para-hydroxylation sites is 1. The molecule has 0 aliphatic carbocycles. The van der Waals surface area contributed by atoms with E-state index < -0.39 is 18.5 Å². The first-order valence-electron chi connectivity index (χ1n) is 7.58. The van der Waals surface area contributed by atoms with E-state index in [1.165, 1.54) is 0 Å². The minimum atomic E-state index is -0.683. The summed E-state index contributed by atoms with van der Waals surface area (Å²) >= 11 is 7.02. The largest absolute Gasteiger partial charge is 0.451 e. The third-order valence-electron chi connectivity index (χ3n) is 3.59. The van der Waals surface area contributed by atoms with Gasteiger partial charge in [0.25, 0.3) is 11.5 Å². The maximum atomic E-state index is 12.3. The summed E-state index contributed by atoms with van der Waals surface area (Å²) in [5.74, 6) is -0.739. The number of carbonyl (C=O) groups excluding carboxylic acids is 2. The van der Waals surface area contributed by atoms with E-state index >= 15 is 0 Å². The Morgan fingerprint density at radius 1 is 1.31 bits per heavy atom. The zero-order valence-electron chi connectivity index (χ0n) is 13.9. The molecule has 0 saturated heterocycles. The quantitative estimate of drug-likeness (QED) is 0.665. The number of hydrogen-bond acceptors (Lipinski definition) is 6. The minimum Gasteiger partial charge on any atom is -0.451 e. The molecule has 0 aliphatic rings. The number of amides is 1. The zero-order chi connectivity index (χ0) is 18.8. The number of H-pyrrole nitrogens is 1. The number of nitrogens with one attached hydrogen (secondary N) is 2. The Hall–Kier alpha value is -2.71. The van der Waals surface area contributed by atoms with Gasteiger partial charge in [0.1, 0.15) is 15.5 Å². The van der Waals surface area contributed by atoms with E-state index in [1.54, 1.807) is 38.1 Å². The van der Waals surface area contributed by atoms with Crippen LogP contribution in [0.4, 0.5) is 5.69 Å². The SMILES string of the molecule is Cc1nc2sc(C(=O)OCC(=O)Nc3ccccc3Cl)c(C)c2c(=O)[nH]1. The molecule has 9 heteroatoms. The monoisotopic (exact) mass is 391 g/mol. The van der Waals surface area contributed by atoms with Crippen LogP contribution in [0.25, 0.3) is 10.2 Å². The van der Waals surface area contributed by atoms with E-state index in [0.29, 0.717) is 32.3 Å². The fourth-order valence-electron chi connectivity index (χ4n) is 2.39. The second kappa shape index (κ2) is 7.27. The van der Waals surface area contributed by atoms with Crippen LogP contribution in [0.1, 0.15) is 21.1 Å². The lowest BCUT2D eigenvalue weighted by molar-refractivity contribution is -0.119.